The van der Waals surface area contributed by atoms with Crippen molar-refractivity contribution < 1.29 is 4.52 Å². The molecule has 0 amide bonds. The molecular formula is C23H27N3O. The maximum Gasteiger partial charge on any atom is 0.143 e. The summed E-state index contributed by atoms with van der Waals surface area (Å²) in [5.74, 6) is 1.04. The number of rotatable bonds is 5. The van der Waals surface area contributed by atoms with Gasteiger partial charge in [-0.25, -0.2) is 0 Å². The van der Waals surface area contributed by atoms with E-state index in [9.17, 15) is 0 Å². The van der Waals surface area contributed by atoms with Gasteiger partial charge in [0.2, 0.25) is 0 Å². The molecule has 1 aliphatic heterocycles. The highest BCUT2D eigenvalue weighted by Crippen LogP contribution is 2.30. The van der Waals surface area contributed by atoms with Crippen molar-refractivity contribution in [2.75, 3.05) is 20.6 Å². The zero-order valence-electron chi connectivity index (χ0n) is 16.4. The van der Waals surface area contributed by atoms with Crippen LogP contribution in [0.4, 0.5) is 0 Å². The van der Waals surface area contributed by atoms with Crippen LogP contribution in [-0.2, 0) is 19.5 Å². The molecule has 1 atom stereocenters. The van der Waals surface area contributed by atoms with Gasteiger partial charge in [-0.1, -0.05) is 59.8 Å². The smallest absolute Gasteiger partial charge is 0.143 e. The van der Waals surface area contributed by atoms with Crippen LogP contribution < -0.4 is 0 Å². The third-order valence-electron chi connectivity index (χ3n) is 5.60. The summed E-state index contributed by atoms with van der Waals surface area (Å²) in [5, 5.41) is 4.35. The molecule has 1 aliphatic rings. The fourth-order valence-electron chi connectivity index (χ4n) is 3.68. The maximum absolute atomic E-state index is 5.62. The Balaban J connectivity index is 1.48. The summed E-state index contributed by atoms with van der Waals surface area (Å²) >= 11 is 0. The first-order valence-electron chi connectivity index (χ1n) is 9.62. The van der Waals surface area contributed by atoms with Gasteiger partial charge < -0.3 is 9.42 Å². The molecule has 0 bridgehead atoms. The molecule has 0 N–H and O–H groups in total. The van der Waals surface area contributed by atoms with Crippen molar-refractivity contribution in [3.05, 3.63) is 77.0 Å². The van der Waals surface area contributed by atoms with Gasteiger partial charge >= 0.3 is 0 Å². The minimum Gasteiger partial charge on any atom is -0.360 e. The van der Waals surface area contributed by atoms with Crippen LogP contribution in [0.5, 0.6) is 0 Å². The van der Waals surface area contributed by atoms with E-state index in [-0.39, 0.29) is 0 Å². The number of fused-ring (bicyclic) bond motifs is 1. The van der Waals surface area contributed by atoms with Gasteiger partial charge in [0.15, 0.2) is 0 Å². The van der Waals surface area contributed by atoms with E-state index in [0.717, 1.165) is 43.1 Å². The number of aromatic nitrogens is 1. The molecule has 0 saturated heterocycles. The minimum absolute atomic E-state index is 0.432. The molecule has 27 heavy (non-hydrogen) atoms. The molecule has 1 aromatic heterocycles. The summed E-state index contributed by atoms with van der Waals surface area (Å²) in [5.41, 5.74) is 6.07. The summed E-state index contributed by atoms with van der Waals surface area (Å²) < 4.78 is 5.62. The van der Waals surface area contributed by atoms with E-state index in [1.807, 2.05) is 18.2 Å². The van der Waals surface area contributed by atoms with Gasteiger partial charge in [0.25, 0.3) is 0 Å². The van der Waals surface area contributed by atoms with E-state index in [0.29, 0.717) is 6.04 Å². The SMILES string of the molecule is C[C@H](c1ccc(CN2CCc3onc(-c4ccccc4)c3C2)cc1)N(C)C. The standard InChI is InChI=1S/C23H27N3O/c1-17(25(2)3)19-11-9-18(10-12-19)15-26-14-13-22-21(16-26)23(24-27-22)20-7-5-4-6-8-20/h4-12,17H,13-16H2,1-3H3/t17-/m1/s1. The first kappa shape index (κ1) is 18.0. The molecule has 0 aliphatic carbocycles. The molecule has 4 rings (SSSR count). The lowest BCUT2D eigenvalue weighted by Crippen LogP contribution is -2.29. The van der Waals surface area contributed by atoms with Crippen molar-refractivity contribution in [3.8, 4) is 11.3 Å². The quantitative estimate of drug-likeness (QED) is 0.669. The summed E-state index contributed by atoms with van der Waals surface area (Å²) in [4.78, 5) is 4.72. The van der Waals surface area contributed by atoms with Crippen LogP contribution in [-0.4, -0.2) is 35.6 Å². The summed E-state index contributed by atoms with van der Waals surface area (Å²) in [6, 6.07) is 19.8. The van der Waals surface area contributed by atoms with Gasteiger partial charge in [0.05, 0.1) is 0 Å². The van der Waals surface area contributed by atoms with Gasteiger partial charge in [-0.15, -0.1) is 0 Å². The summed E-state index contributed by atoms with van der Waals surface area (Å²) in [7, 11) is 4.24. The molecule has 2 aromatic carbocycles. The van der Waals surface area contributed by atoms with Crippen LogP contribution >= 0.6 is 0 Å². The fraction of sp³-hybridized carbons (Fsp3) is 0.348. The number of nitrogens with zero attached hydrogens (tertiary/aromatic N) is 3. The van der Waals surface area contributed by atoms with E-state index in [4.69, 9.17) is 4.52 Å². The Morgan fingerprint density at radius 3 is 2.52 bits per heavy atom. The van der Waals surface area contributed by atoms with Crippen LogP contribution in [0.1, 0.15) is 35.4 Å². The highest BCUT2D eigenvalue weighted by atomic mass is 16.5. The highest BCUT2D eigenvalue weighted by molar-refractivity contribution is 5.63. The van der Waals surface area contributed by atoms with E-state index in [1.54, 1.807) is 0 Å². The Labute approximate surface area is 161 Å². The zero-order valence-corrected chi connectivity index (χ0v) is 16.4. The van der Waals surface area contributed by atoms with Crippen LogP contribution in [0.15, 0.2) is 59.1 Å². The number of hydrogen-bond acceptors (Lipinski definition) is 4. The Bertz CT molecular complexity index is 884. The predicted molar refractivity (Wildman–Crippen MR) is 108 cm³/mol. The minimum atomic E-state index is 0.432. The number of benzene rings is 2. The lowest BCUT2D eigenvalue weighted by molar-refractivity contribution is 0.228. The molecular weight excluding hydrogens is 334 g/mol. The average Bonchev–Trinajstić information content (AvgIpc) is 3.12. The van der Waals surface area contributed by atoms with Crippen LogP contribution in [0.2, 0.25) is 0 Å². The first-order valence-corrected chi connectivity index (χ1v) is 9.62. The van der Waals surface area contributed by atoms with Crippen molar-refractivity contribution in [3.63, 3.8) is 0 Å². The first-order chi connectivity index (χ1) is 13.1. The van der Waals surface area contributed by atoms with Crippen molar-refractivity contribution >= 4 is 0 Å². The van der Waals surface area contributed by atoms with Crippen molar-refractivity contribution in [2.24, 2.45) is 0 Å². The second-order valence-electron chi connectivity index (χ2n) is 7.64. The van der Waals surface area contributed by atoms with E-state index in [2.05, 4.69) is 72.4 Å². The van der Waals surface area contributed by atoms with Crippen molar-refractivity contribution in [1.29, 1.82) is 0 Å². The lowest BCUT2D eigenvalue weighted by Gasteiger charge is -2.26. The predicted octanol–water partition coefficient (Wildman–Crippen LogP) is 4.52. The third kappa shape index (κ3) is 3.82. The molecule has 0 unspecified atom stereocenters. The fourth-order valence-corrected chi connectivity index (χ4v) is 3.68. The van der Waals surface area contributed by atoms with Gasteiger partial charge in [0.1, 0.15) is 11.5 Å². The summed E-state index contributed by atoms with van der Waals surface area (Å²) in [6.45, 7) is 5.08. The van der Waals surface area contributed by atoms with Crippen LogP contribution in [0.25, 0.3) is 11.3 Å². The maximum atomic E-state index is 5.62. The van der Waals surface area contributed by atoms with Crippen LogP contribution in [0, 0.1) is 0 Å². The van der Waals surface area contributed by atoms with Gasteiger partial charge in [-0.05, 0) is 32.1 Å². The second-order valence-corrected chi connectivity index (χ2v) is 7.64. The normalized spacial score (nSPS) is 15.7. The Morgan fingerprint density at radius 1 is 1.07 bits per heavy atom. The Hall–Kier alpha value is -2.43. The molecule has 140 valence electrons. The van der Waals surface area contributed by atoms with Gasteiger partial charge in [0, 0.05) is 43.2 Å². The lowest BCUT2D eigenvalue weighted by atomic mass is 10.0. The molecule has 0 saturated carbocycles. The van der Waals surface area contributed by atoms with E-state index in [1.165, 1.54) is 16.7 Å². The van der Waals surface area contributed by atoms with Gasteiger partial charge in [-0.3, -0.25) is 4.90 Å². The van der Waals surface area contributed by atoms with E-state index >= 15 is 0 Å². The number of hydrogen-bond donors (Lipinski definition) is 0. The zero-order chi connectivity index (χ0) is 18.8. The Morgan fingerprint density at radius 2 is 1.81 bits per heavy atom. The monoisotopic (exact) mass is 361 g/mol. The van der Waals surface area contributed by atoms with Crippen LogP contribution in [0.3, 0.4) is 0 Å². The van der Waals surface area contributed by atoms with Gasteiger partial charge in [-0.2, -0.15) is 0 Å². The van der Waals surface area contributed by atoms with Crippen molar-refractivity contribution in [1.82, 2.24) is 15.0 Å². The topological polar surface area (TPSA) is 32.5 Å². The molecule has 0 spiro atoms. The molecule has 0 radical (unpaired) electrons. The molecule has 4 nitrogen and oxygen atoms in total. The molecule has 2 heterocycles. The Kier molecular flexibility index (Phi) is 5.10. The third-order valence-corrected chi connectivity index (χ3v) is 5.60. The largest absolute Gasteiger partial charge is 0.360 e. The second kappa shape index (κ2) is 7.67. The molecule has 4 heteroatoms. The summed E-state index contributed by atoms with van der Waals surface area (Å²) in [6.07, 6.45) is 0.922. The average molecular weight is 361 g/mol. The highest BCUT2D eigenvalue weighted by Gasteiger charge is 2.24. The van der Waals surface area contributed by atoms with Crippen molar-refractivity contribution in [2.45, 2.75) is 32.5 Å². The molecule has 3 aromatic rings. The molecule has 0 fully saturated rings. The van der Waals surface area contributed by atoms with E-state index < -0.39 is 0 Å².